The molecule has 0 radical (unpaired) electrons. The molecule has 0 aromatic carbocycles. The number of anilines is 1. The van der Waals surface area contributed by atoms with Crippen LogP contribution in [0.2, 0.25) is 0 Å². The van der Waals surface area contributed by atoms with E-state index in [0.717, 1.165) is 23.7 Å². The fourth-order valence-electron chi connectivity index (χ4n) is 1.13. The predicted octanol–water partition coefficient (Wildman–Crippen LogP) is 1.74. The van der Waals surface area contributed by atoms with Crippen molar-refractivity contribution in [2.45, 2.75) is 12.2 Å². The van der Waals surface area contributed by atoms with Gasteiger partial charge in [-0.1, -0.05) is 6.07 Å². The second-order valence-electron chi connectivity index (χ2n) is 2.89. The Morgan fingerprint density at radius 2 is 2.43 bits per heavy atom. The summed E-state index contributed by atoms with van der Waals surface area (Å²) in [6, 6.07) is 4.02. The number of aliphatic hydroxyl groups is 1. The van der Waals surface area contributed by atoms with Crippen LogP contribution < -0.4 is 5.32 Å². The summed E-state index contributed by atoms with van der Waals surface area (Å²) in [6.07, 6.45) is 2.65. The maximum absolute atomic E-state index is 8.63. The van der Waals surface area contributed by atoms with Crippen LogP contribution in [-0.4, -0.2) is 29.5 Å². The number of hydrogen-bond acceptors (Lipinski definition) is 4. The Bertz CT molecular complexity index is 268. The van der Waals surface area contributed by atoms with E-state index in [4.69, 9.17) is 5.11 Å². The lowest BCUT2D eigenvalue weighted by Crippen LogP contribution is -1.97. The van der Waals surface area contributed by atoms with Crippen LogP contribution in [0.3, 0.4) is 0 Å². The van der Waals surface area contributed by atoms with Gasteiger partial charge in [0.1, 0.15) is 5.82 Å². The zero-order valence-corrected chi connectivity index (χ0v) is 9.18. The first kappa shape index (κ1) is 11.3. The van der Waals surface area contributed by atoms with Crippen LogP contribution in [0.1, 0.15) is 12.0 Å². The topological polar surface area (TPSA) is 45.2 Å². The molecule has 0 saturated heterocycles. The van der Waals surface area contributed by atoms with Gasteiger partial charge >= 0.3 is 0 Å². The number of rotatable bonds is 6. The van der Waals surface area contributed by atoms with Crippen LogP contribution in [0.4, 0.5) is 5.82 Å². The third kappa shape index (κ3) is 3.55. The first-order valence-electron chi connectivity index (χ1n) is 4.68. The molecular weight excluding hydrogens is 196 g/mol. The fourth-order valence-corrected chi connectivity index (χ4v) is 2.06. The van der Waals surface area contributed by atoms with Gasteiger partial charge in [0.25, 0.3) is 0 Å². The van der Waals surface area contributed by atoms with E-state index in [9.17, 15) is 0 Å². The first-order chi connectivity index (χ1) is 6.88. The van der Waals surface area contributed by atoms with Gasteiger partial charge in [-0.2, -0.15) is 11.8 Å². The van der Waals surface area contributed by atoms with E-state index in [0.29, 0.717) is 0 Å². The second kappa shape index (κ2) is 6.68. The van der Waals surface area contributed by atoms with Crippen LogP contribution in [0.25, 0.3) is 0 Å². The number of nitrogens with zero attached hydrogens (tertiary/aromatic N) is 1. The number of pyridine rings is 1. The highest BCUT2D eigenvalue weighted by atomic mass is 32.2. The van der Waals surface area contributed by atoms with Gasteiger partial charge in [0.2, 0.25) is 0 Å². The number of nitrogens with one attached hydrogen (secondary N) is 1. The maximum atomic E-state index is 8.63. The Morgan fingerprint density at radius 1 is 1.57 bits per heavy atom. The Morgan fingerprint density at radius 3 is 3.14 bits per heavy atom. The maximum Gasteiger partial charge on any atom is 0.129 e. The van der Waals surface area contributed by atoms with Crippen molar-refractivity contribution in [1.82, 2.24) is 4.98 Å². The molecule has 0 unspecified atom stereocenters. The number of aliphatic hydroxyl groups excluding tert-OH is 1. The number of hydrogen-bond donors (Lipinski definition) is 2. The normalized spacial score (nSPS) is 10.1. The van der Waals surface area contributed by atoms with Crippen molar-refractivity contribution in [2.75, 3.05) is 24.7 Å². The molecule has 0 aliphatic heterocycles. The SMILES string of the molecule is CNc1ncccc1CSCCCO. The highest BCUT2D eigenvalue weighted by Crippen LogP contribution is 2.18. The molecule has 0 spiro atoms. The molecule has 4 heteroatoms. The van der Waals surface area contributed by atoms with Crippen molar-refractivity contribution in [3.8, 4) is 0 Å². The smallest absolute Gasteiger partial charge is 0.129 e. The van der Waals surface area contributed by atoms with E-state index in [1.54, 1.807) is 6.20 Å². The van der Waals surface area contributed by atoms with E-state index in [-0.39, 0.29) is 6.61 Å². The van der Waals surface area contributed by atoms with Crippen molar-refractivity contribution in [1.29, 1.82) is 0 Å². The summed E-state index contributed by atoms with van der Waals surface area (Å²) in [4.78, 5) is 4.22. The molecule has 1 aromatic rings. The molecule has 2 N–H and O–H groups in total. The Kier molecular flexibility index (Phi) is 5.40. The molecule has 0 amide bonds. The van der Waals surface area contributed by atoms with Crippen LogP contribution >= 0.6 is 11.8 Å². The lowest BCUT2D eigenvalue weighted by atomic mass is 10.3. The summed E-state index contributed by atoms with van der Waals surface area (Å²) in [6.45, 7) is 0.277. The predicted molar refractivity (Wildman–Crippen MR) is 61.6 cm³/mol. The molecule has 0 aliphatic carbocycles. The zero-order chi connectivity index (χ0) is 10.2. The molecule has 78 valence electrons. The van der Waals surface area contributed by atoms with Gasteiger partial charge in [-0.25, -0.2) is 4.98 Å². The lowest BCUT2D eigenvalue weighted by molar-refractivity contribution is 0.296. The van der Waals surface area contributed by atoms with Crippen molar-refractivity contribution < 1.29 is 5.11 Å². The van der Waals surface area contributed by atoms with Crippen LogP contribution in [0, 0.1) is 0 Å². The highest BCUT2D eigenvalue weighted by Gasteiger charge is 2.00. The van der Waals surface area contributed by atoms with Crippen LogP contribution in [0.15, 0.2) is 18.3 Å². The van der Waals surface area contributed by atoms with E-state index in [1.165, 1.54) is 5.56 Å². The van der Waals surface area contributed by atoms with Crippen molar-refractivity contribution in [3.05, 3.63) is 23.9 Å². The molecule has 0 bridgehead atoms. The average Bonchev–Trinajstić information content (AvgIpc) is 2.25. The fraction of sp³-hybridized carbons (Fsp3) is 0.500. The molecule has 1 heterocycles. The molecule has 0 saturated carbocycles. The minimum Gasteiger partial charge on any atom is -0.396 e. The summed E-state index contributed by atoms with van der Waals surface area (Å²) in [5.41, 5.74) is 1.22. The molecule has 1 rings (SSSR count). The molecule has 1 aromatic heterocycles. The van der Waals surface area contributed by atoms with Gasteiger partial charge in [0.15, 0.2) is 0 Å². The van der Waals surface area contributed by atoms with E-state index in [2.05, 4.69) is 16.4 Å². The summed E-state index contributed by atoms with van der Waals surface area (Å²) in [7, 11) is 1.88. The second-order valence-corrected chi connectivity index (χ2v) is 4.00. The third-order valence-electron chi connectivity index (χ3n) is 1.83. The van der Waals surface area contributed by atoms with Crippen molar-refractivity contribution in [2.24, 2.45) is 0 Å². The molecule has 0 atom stereocenters. The lowest BCUT2D eigenvalue weighted by Gasteiger charge is -2.06. The Balaban J connectivity index is 2.41. The molecule has 14 heavy (non-hydrogen) atoms. The van der Waals surface area contributed by atoms with Gasteiger partial charge in [-0.15, -0.1) is 0 Å². The average molecular weight is 212 g/mol. The number of thioether (sulfide) groups is 1. The minimum absolute atomic E-state index is 0.277. The quantitative estimate of drug-likeness (QED) is 0.705. The van der Waals surface area contributed by atoms with E-state index >= 15 is 0 Å². The largest absolute Gasteiger partial charge is 0.396 e. The summed E-state index contributed by atoms with van der Waals surface area (Å²) in [5.74, 6) is 2.89. The summed E-state index contributed by atoms with van der Waals surface area (Å²) < 4.78 is 0. The number of aromatic nitrogens is 1. The van der Waals surface area contributed by atoms with E-state index in [1.807, 2.05) is 24.9 Å². The van der Waals surface area contributed by atoms with E-state index < -0.39 is 0 Å². The molecule has 3 nitrogen and oxygen atoms in total. The molecular formula is C10H16N2OS. The zero-order valence-electron chi connectivity index (χ0n) is 8.36. The van der Waals surface area contributed by atoms with Crippen molar-refractivity contribution >= 4 is 17.6 Å². The molecule has 0 fully saturated rings. The Labute approximate surface area is 88.9 Å². The minimum atomic E-state index is 0.277. The van der Waals surface area contributed by atoms with Gasteiger partial charge in [-0.3, -0.25) is 0 Å². The van der Waals surface area contributed by atoms with Crippen LogP contribution in [0.5, 0.6) is 0 Å². The van der Waals surface area contributed by atoms with Crippen molar-refractivity contribution in [3.63, 3.8) is 0 Å². The van der Waals surface area contributed by atoms with Gasteiger partial charge in [-0.05, 0) is 18.2 Å². The highest BCUT2D eigenvalue weighted by molar-refractivity contribution is 7.98. The van der Waals surface area contributed by atoms with Gasteiger partial charge in [0.05, 0.1) is 0 Å². The van der Waals surface area contributed by atoms with Crippen LogP contribution in [-0.2, 0) is 5.75 Å². The Hall–Kier alpha value is -0.740. The van der Waals surface area contributed by atoms with Gasteiger partial charge in [0, 0.05) is 31.2 Å². The molecule has 0 aliphatic rings. The summed E-state index contributed by atoms with van der Waals surface area (Å²) >= 11 is 1.82. The monoisotopic (exact) mass is 212 g/mol. The third-order valence-corrected chi connectivity index (χ3v) is 2.92. The summed E-state index contributed by atoms with van der Waals surface area (Å²) in [5, 5.41) is 11.7. The first-order valence-corrected chi connectivity index (χ1v) is 5.84. The van der Waals surface area contributed by atoms with Gasteiger partial charge < -0.3 is 10.4 Å². The standard InChI is InChI=1S/C10H16N2OS/c1-11-10-9(4-2-5-12-10)8-14-7-3-6-13/h2,4-5,13H,3,6-8H2,1H3,(H,11,12).